The van der Waals surface area contributed by atoms with Gasteiger partial charge in [0.05, 0.1) is 24.9 Å². The normalized spacial score (nSPS) is 22.0. The molecule has 1 aliphatic heterocycles. The highest BCUT2D eigenvalue weighted by Crippen LogP contribution is 2.33. The molecule has 0 amide bonds. The average molecular weight is 351 g/mol. The number of sulfonamides is 1. The Balaban J connectivity index is 1.63. The van der Waals surface area contributed by atoms with E-state index < -0.39 is 21.9 Å². The van der Waals surface area contributed by atoms with E-state index in [0.29, 0.717) is 25.9 Å². The zero-order valence-corrected chi connectivity index (χ0v) is 13.8. The van der Waals surface area contributed by atoms with Crippen LogP contribution < -0.4 is 4.74 Å². The van der Waals surface area contributed by atoms with Crippen molar-refractivity contribution in [3.8, 4) is 5.88 Å². The van der Waals surface area contributed by atoms with Gasteiger partial charge >= 0.3 is 0 Å². The number of hydrogen-bond donors (Lipinski definition) is 0. The first-order valence-corrected chi connectivity index (χ1v) is 9.44. The number of hydrogen-bond acceptors (Lipinski definition) is 4. The van der Waals surface area contributed by atoms with E-state index in [-0.39, 0.29) is 17.7 Å². The van der Waals surface area contributed by atoms with Crippen molar-refractivity contribution >= 4 is 10.0 Å². The molecule has 1 aliphatic carbocycles. The van der Waals surface area contributed by atoms with Crippen molar-refractivity contribution < 1.29 is 17.5 Å². The van der Waals surface area contributed by atoms with Crippen LogP contribution in [0.5, 0.6) is 5.88 Å². The molecule has 1 saturated carbocycles. The third-order valence-corrected chi connectivity index (χ3v) is 6.69. The van der Waals surface area contributed by atoms with Gasteiger partial charge in [0.15, 0.2) is 5.82 Å². The van der Waals surface area contributed by atoms with Crippen molar-refractivity contribution in [1.82, 2.24) is 13.9 Å². The first-order chi connectivity index (χ1) is 11.5. The predicted molar refractivity (Wildman–Crippen MR) is 85.4 cm³/mol. The summed E-state index contributed by atoms with van der Waals surface area (Å²) in [7, 11) is -3.34. The first-order valence-electron chi connectivity index (χ1n) is 7.94. The van der Waals surface area contributed by atoms with Crippen LogP contribution in [0.1, 0.15) is 18.5 Å². The average Bonchev–Trinajstić information content (AvgIpc) is 3.35. The van der Waals surface area contributed by atoms with Gasteiger partial charge in [0.25, 0.3) is 5.88 Å². The Morgan fingerprint density at radius 2 is 2.04 bits per heavy atom. The number of ether oxygens (including phenoxy) is 1. The molecule has 3 heterocycles. The van der Waals surface area contributed by atoms with E-state index in [1.165, 1.54) is 22.6 Å². The van der Waals surface area contributed by atoms with E-state index in [0.717, 1.165) is 5.69 Å². The fourth-order valence-electron chi connectivity index (χ4n) is 2.98. The molecule has 0 radical (unpaired) electrons. The molecular formula is C16H18FN3O3S. The second kappa shape index (κ2) is 5.86. The molecule has 0 aromatic carbocycles. The molecule has 2 aliphatic rings. The van der Waals surface area contributed by atoms with Gasteiger partial charge < -0.3 is 9.30 Å². The fraction of sp³-hybridized carbons (Fsp3) is 0.438. The Morgan fingerprint density at radius 1 is 1.21 bits per heavy atom. The van der Waals surface area contributed by atoms with Crippen LogP contribution in [0.4, 0.5) is 4.39 Å². The maximum Gasteiger partial charge on any atom is 0.250 e. The summed E-state index contributed by atoms with van der Waals surface area (Å²) in [5.41, 5.74) is 0.909. The molecule has 0 saturated heterocycles. The summed E-state index contributed by atoms with van der Waals surface area (Å²) in [6.07, 6.45) is 4.25. The van der Waals surface area contributed by atoms with Gasteiger partial charge in [-0.3, -0.25) is 0 Å². The van der Waals surface area contributed by atoms with E-state index >= 15 is 0 Å². The predicted octanol–water partition coefficient (Wildman–Crippen LogP) is 1.78. The zero-order chi connectivity index (χ0) is 16.7. The minimum Gasteiger partial charge on any atom is -0.469 e. The molecule has 1 fully saturated rings. The lowest BCUT2D eigenvalue weighted by molar-refractivity contribution is 0.147. The van der Waals surface area contributed by atoms with Gasteiger partial charge in [0.1, 0.15) is 6.10 Å². The third-order valence-electron chi connectivity index (χ3n) is 4.38. The Kier molecular flexibility index (Phi) is 3.80. The van der Waals surface area contributed by atoms with Crippen LogP contribution in [0.15, 0.2) is 36.7 Å². The second-order valence-corrected chi connectivity index (χ2v) is 8.43. The number of aromatic nitrogens is 2. The minimum absolute atomic E-state index is 0.0955. The van der Waals surface area contributed by atoms with Crippen molar-refractivity contribution in [2.75, 3.05) is 6.54 Å². The Hall–Kier alpha value is -1.93. The van der Waals surface area contributed by atoms with Crippen LogP contribution in [-0.2, 0) is 23.1 Å². The van der Waals surface area contributed by atoms with Crippen LogP contribution in [0.2, 0.25) is 0 Å². The van der Waals surface area contributed by atoms with Gasteiger partial charge in [-0.25, -0.2) is 17.8 Å². The summed E-state index contributed by atoms with van der Waals surface area (Å²) in [5.74, 6) is -0.645. The van der Waals surface area contributed by atoms with Gasteiger partial charge in [-0.15, -0.1) is 0 Å². The lowest BCUT2D eigenvalue weighted by Gasteiger charge is -2.24. The van der Waals surface area contributed by atoms with Crippen molar-refractivity contribution in [3.05, 3.63) is 48.2 Å². The summed E-state index contributed by atoms with van der Waals surface area (Å²) in [4.78, 5) is 3.91. The van der Waals surface area contributed by atoms with E-state index in [1.807, 2.05) is 22.9 Å². The van der Waals surface area contributed by atoms with Crippen molar-refractivity contribution in [2.45, 2.75) is 37.3 Å². The van der Waals surface area contributed by atoms with E-state index in [4.69, 9.17) is 4.74 Å². The van der Waals surface area contributed by atoms with Gasteiger partial charge in [-0.2, -0.15) is 4.31 Å². The largest absolute Gasteiger partial charge is 0.469 e. The lowest BCUT2D eigenvalue weighted by Crippen LogP contribution is -2.40. The number of fused-ring (bicyclic) bond motifs is 1. The number of halogens is 1. The number of pyridine rings is 1. The summed E-state index contributed by atoms with van der Waals surface area (Å²) in [6, 6.07) is 6.54. The maximum atomic E-state index is 13.8. The van der Waals surface area contributed by atoms with Crippen molar-refractivity contribution in [3.63, 3.8) is 0 Å². The van der Waals surface area contributed by atoms with E-state index in [9.17, 15) is 12.8 Å². The molecule has 2 aromatic heterocycles. The zero-order valence-electron chi connectivity index (χ0n) is 13.0. The van der Waals surface area contributed by atoms with Gasteiger partial charge in [0, 0.05) is 18.1 Å². The van der Waals surface area contributed by atoms with Crippen LogP contribution in [0, 0.1) is 5.82 Å². The highest BCUT2D eigenvalue weighted by molar-refractivity contribution is 7.90. The smallest absolute Gasteiger partial charge is 0.250 e. The maximum absolute atomic E-state index is 13.8. The highest BCUT2D eigenvalue weighted by Gasteiger charge is 2.42. The van der Waals surface area contributed by atoms with Crippen molar-refractivity contribution in [2.24, 2.45) is 0 Å². The molecule has 24 heavy (non-hydrogen) atoms. The fourth-order valence-corrected chi connectivity index (χ4v) is 4.82. The third kappa shape index (κ3) is 2.91. The molecule has 128 valence electrons. The topological polar surface area (TPSA) is 64.4 Å². The van der Waals surface area contributed by atoms with E-state index in [1.54, 1.807) is 0 Å². The molecule has 6 nitrogen and oxygen atoms in total. The van der Waals surface area contributed by atoms with Gasteiger partial charge in [-0.1, -0.05) is 0 Å². The minimum atomic E-state index is -3.34. The Labute approximate surface area is 139 Å². The Morgan fingerprint density at radius 3 is 2.79 bits per heavy atom. The van der Waals surface area contributed by atoms with Crippen LogP contribution in [0.3, 0.4) is 0 Å². The molecule has 8 heteroatoms. The molecule has 0 spiro atoms. The molecular weight excluding hydrogens is 333 g/mol. The molecule has 0 bridgehead atoms. The van der Waals surface area contributed by atoms with Crippen LogP contribution in [0.25, 0.3) is 0 Å². The molecule has 0 unspecified atom stereocenters. The molecule has 4 rings (SSSR count). The standard InChI is InChI=1S/C16H18FN3O3S/c17-15-4-1-7-18-16(15)23-13-10-19-8-2-3-12(19)9-20(11-13)24(21,22)14-5-6-14/h1-4,7-8,13-14H,5-6,9-11H2/t13-/m1/s1. The molecule has 2 aromatic rings. The van der Waals surface area contributed by atoms with Crippen LogP contribution >= 0.6 is 0 Å². The number of nitrogens with zero attached hydrogens (tertiary/aromatic N) is 3. The number of rotatable bonds is 4. The first kappa shape index (κ1) is 15.6. The monoisotopic (exact) mass is 351 g/mol. The quantitative estimate of drug-likeness (QED) is 0.842. The second-order valence-electron chi connectivity index (χ2n) is 6.22. The Bertz CT molecular complexity index is 848. The lowest BCUT2D eigenvalue weighted by atomic mass is 10.3. The van der Waals surface area contributed by atoms with Gasteiger partial charge in [0.2, 0.25) is 10.0 Å². The summed E-state index contributed by atoms with van der Waals surface area (Å²) >= 11 is 0. The van der Waals surface area contributed by atoms with E-state index in [2.05, 4.69) is 4.98 Å². The highest BCUT2D eigenvalue weighted by atomic mass is 32.2. The summed E-state index contributed by atoms with van der Waals surface area (Å²) < 4.78 is 48.3. The summed E-state index contributed by atoms with van der Waals surface area (Å²) in [5, 5.41) is -0.286. The SMILES string of the molecule is O=S(=O)(C1CC1)N1Cc2cccn2C[C@@H](Oc2ncccc2F)C1. The van der Waals surface area contributed by atoms with Crippen LogP contribution in [-0.4, -0.2) is 40.2 Å². The summed E-state index contributed by atoms with van der Waals surface area (Å²) in [6.45, 7) is 0.960. The van der Waals surface area contributed by atoms with Crippen molar-refractivity contribution in [1.29, 1.82) is 0 Å². The molecule has 0 N–H and O–H groups in total. The molecule has 1 atom stereocenters. The van der Waals surface area contributed by atoms with Gasteiger partial charge in [-0.05, 0) is 37.1 Å².